The molecule has 0 aromatic carbocycles. The lowest BCUT2D eigenvalue weighted by atomic mass is 10.0. The quantitative estimate of drug-likeness (QED) is 0.813. The first-order valence-corrected chi connectivity index (χ1v) is 7.12. The molecule has 1 aromatic heterocycles. The van der Waals surface area contributed by atoms with Crippen LogP contribution in [0.5, 0.6) is 0 Å². The molecular formula is C14H21ClN2O3. The lowest BCUT2D eigenvalue weighted by molar-refractivity contribution is -0.139. The molecular weight excluding hydrogens is 280 g/mol. The van der Waals surface area contributed by atoms with Crippen molar-refractivity contribution in [2.24, 2.45) is 5.92 Å². The Bertz CT molecular complexity index is 483. The molecule has 1 aromatic rings. The Kier molecular flexibility index (Phi) is 6.07. The van der Waals surface area contributed by atoms with E-state index < -0.39 is 17.9 Å². The van der Waals surface area contributed by atoms with Gasteiger partial charge in [-0.15, -0.1) is 0 Å². The number of aryl methyl sites for hydroxylation is 1. The van der Waals surface area contributed by atoms with Gasteiger partial charge in [0.15, 0.2) is 0 Å². The molecule has 112 valence electrons. The highest BCUT2D eigenvalue weighted by molar-refractivity contribution is 6.31. The maximum Gasteiger partial charge on any atom is 0.326 e. The minimum absolute atomic E-state index is 0.183. The molecule has 0 spiro atoms. The van der Waals surface area contributed by atoms with Crippen LogP contribution >= 0.6 is 11.6 Å². The molecule has 5 nitrogen and oxygen atoms in total. The van der Waals surface area contributed by atoms with E-state index in [1.54, 1.807) is 16.8 Å². The summed E-state index contributed by atoms with van der Waals surface area (Å²) in [6.45, 7) is 6.49. The molecule has 1 heterocycles. The zero-order valence-corrected chi connectivity index (χ0v) is 12.8. The summed E-state index contributed by atoms with van der Waals surface area (Å²) in [5.41, 5.74) is 0.395. The number of aromatic nitrogens is 1. The molecule has 2 N–H and O–H groups in total. The van der Waals surface area contributed by atoms with E-state index >= 15 is 0 Å². The zero-order valence-electron chi connectivity index (χ0n) is 12.0. The van der Waals surface area contributed by atoms with E-state index in [-0.39, 0.29) is 5.92 Å². The summed E-state index contributed by atoms with van der Waals surface area (Å²) >= 11 is 5.91. The number of nitrogens with zero attached hydrogens (tertiary/aromatic N) is 1. The zero-order chi connectivity index (χ0) is 15.3. The fraction of sp³-hybridized carbons (Fsp3) is 0.571. The van der Waals surface area contributed by atoms with Gasteiger partial charge in [-0.05, 0) is 24.8 Å². The molecule has 1 atom stereocenters. The average molecular weight is 301 g/mol. The van der Waals surface area contributed by atoms with E-state index in [2.05, 4.69) is 5.32 Å². The standard InChI is InChI=1S/C14H21ClN2O3/c1-4-5-17-8-10(15)7-12(17)13(18)16-11(14(19)20)6-9(2)3/h7-9,11H,4-6H2,1-3H3,(H,16,18)(H,19,20)/t11-/m0/s1. The number of carbonyl (C=O) groups excluding carboxylic acids is 1. The van der Waals surface area contributed by atoms with Crippen LogP contribution in [-0.4, -0.2) is 27.6 Å². The number of carboxylic acid groups (broad SMARTS) is 1. The number of carbonyl (C=O) groups is 2. The van der Waals surface area contributed by atoms with Gasteiger partial charge in [0.1, 0.15) is 11.7 Å². The van der Waals surface area contributed by atoms with Crippen molar-refractivity contribution in [1.82, 2.24) is 9.88 Å². The minimum Gasteiger partial charge on any atom is -0.480 e. The van der Waals surface area contributed by atoms with Gasteiger partial charge in [-0.25, -0.2) is 4.79 Å². The Morgan fingerprint density at radius 3 is 2.60 bits per heavy atom. The third kappa shape index (κ3) is 4.56. The van der Waals surface area contributed by atoms with Crippen LogP contribution in [0.1, 0.15) is 44.1 Å². The monoisotopic (exact) mass is 300 g/mol. The van der Waals surface area contributed by atoms with E-state index in [1.807, 2.05) is 20.8 Å². The van der Waals surface area contributed by atoms with E-state index in [0.717, 1.165) is 6.42 Å². The van der Waals surface area contributed by atoms with Crippen LogP contribution in [0.15, 0.2) is 12.3 Å². The fourth-order valence-corrected chi connectivity index (χ4v) is 2.24. The molecule has 0 radical (unpaired) electrons. The van der Waals surface area contributed by atoms with Crippen LogP contribution in [-0.2, 0) is 11.3 Å². The van der Waals surface area contributed by atoms with Crippen molar-refractivity contribution in [2.45, 2.75) is 46.2 Å². The summed E-state index contributed by atoms with van der Waals surface area (Å²) in [6, 6.07) is 0.673. The fourth-order valence-electron chi connectivity index (χ4n) is 2.02. The van der Waals surface area contributed by atoms with Gasteiger partial charge in [0.25, 0.3) is 5.91 Å². The maximum absolute atomic E-state index is 12.2. The van der Waals surface area contributed by atoms with Gasteiger partial charge in [-0.3, -0.25) is 4.79 Å². The average Bonchev–Trinajstić information content (AvgIpc) is 2.69. The maximum atomic E-state index is 12.2. The lowest BCUT2D eigenvalue weighted by Gasteiger charge is -2.17. The van der Waals surface area contributed by atoms with Crippen molar-refractivity contribution in [3.8, 4) is 0 Å². The van der Waals surface area contributed by atoms with E-state index in [9.17, 15) is 9.59 Å². The second-order valence-corrected chi connectivity index (χ2v) is 5.67. The predicted molar refractivity (Wildman–Crippen MR) is 78.1 cm³/mol. The normalized spacial score (nSPS) is 12.4. The number of aliphatic carboxylic acids is 1. The van der Waals surface area contributed by atoms with Gasteiger partial charge >= 0.3 is 5.97 Å². The largest absolute Gasteiger partial charge is 0.480 e. The molecule has 0 saturated heterocycles. The number of rotatable bonds is 7. The predicted octanol–water partition coefficient (Wildman–Crippen LogP) is 2.78. The first-order valence-electron chi connectivity index (χ1n) is 6.74. The molecule has 0 saturated carbocycles. The van der Waals surface area contributed by atoms with Crippen molar-refractivity contribution < 1.29 is 14.7 Å². The van der Waals surface area contributed by atoms with E-state index in [1.165, 1.54) is 0 Å². The Morgan fingerprint density at radius 1 is 1.45 bits per heavy atom. The number of nitrogens with one attached hydrogen (secondary N) is 1. The van der Waals surface area contributed by atoms with Gasteiger partial charge in [0.2, 0.25) is 0 Å². The highest BCUT2D eigenvalue weighted by Crippen LogP contribution is 2.15. The van der Waals surface area contributed by atoms with Gasteiger partial charge < -0.3 is 15.0 Å². The third-order valence-electron chi connectivity index (χ3n) is 2.87. The summed E-state index contributed by atoms with van der Waals surface area (Å²) in [5.74, 6) is -1.24. The Hall–Kier alpha value is -1.49. The van der Waals surface area contributed by atoms with E-state index in [0.29, 0.717) is 23.7 Å². The van der Waals surface area contributed by atoms with Crippen molar-refractivity contribution in [1.29, 1.82) is 0 Å². The lowest BCUT2D eigenvalue weighted by Crippen LogP contribution is -2.42. The first kappa shape index (κ1) is 16.6. The number of amides is 1. The highest BCUT2D eigenvalue weighted by atomic mass is 35.5. The second-order valence-electron chi connectivity index (χ2n) is 5.23. The third-order valence-corrected chi connectivity index (χ3v) is 3.08. The van der Waals surface area contributed by atoms with Crippen molar-refractivity contribution in [3.05, 3.63) is 23.0 Å². The van der Waals surface area contributed by atoms with Crippen LogP contribution in [0, 0.1) is 5.92 Å². The number of carboxylic acids is 1. The van der Waals surface area contributed by atoms with Crippen LogP contribution in [0.3, 0.4) is 0 Å². The van der Waals surface area contributed by atoms with Crippen LogP contribution in [0.4, 0.5) is 0 Å². The summed E-state index contributed by atoms with van der Waals surface area (Å²) in [7, 11) is 0. The number of hydrogen-bond acceptors (Lipinski definition) is 2. The minimum atomic E-state index is -1.02. The van der Waals surface area contributed by atoms with Crippen molar-refractivity contribution in [3.63, 3.8) is 0 Å². The van der Waals surface area contributed by atoms with Gasteiger partial charge in [0.05, 0.1) is 5.02 Å². The molecule has 20 heavy (non-hydrogen) atoms. The molecule has 0 fully saturated rings. The molecule has 0 aliphatic carbocycles. The van der Waals surface area contributed by atoms with E-state index in [4.69, 9.17) is 16.7 Å². The van der Waals surface area contributed by atoms with Crippen LogP contribution in [0.25, 0.3) is 0 Å². The number of hydrogen-bond donors (Lipinski definition) is 2. The van der Waals surface area contributed by atoms with Gasteiger partial charge in [-0.2, -0.15) is 0 Å². The molecule has 0 unspecified atom stereocenters. The topological polar surface area (TPSA) is 71.3 Å². The molecule has 1 amide bonds. The smallest absolute Gasteiger partial charge is 0.326 e. The van der Waals surface area contributed by atoms with Crippen molar-refractivity contribution >= 4 is 23.5 Å². The molecule has 6 heteroatoms. The summed E-state index contributed by atoms with van der Waals surface area (Å²) in [5, 5.41) is 12.2. The van der Waals surface area contributed by atoms with Crippen molar-refractivity contribution in [2.75, 3.05) is 0 Å². The second kappa shape index (κ2) is 7.33. The highest BCUT2D eigenvalue weighted by Gasteiger charge is 2.23. The SMILES string of the molecule is CCCn1cc(Cl)cc1C(=O)N[C@@H](CC(C)C)C(=O)O. The first-order chi connectivity index (χ1) is 9.35. The molecule has 1 rings (SSSR count). The Labute approximate surface area is 123 Å². The summed E-state index contributed by atoms with van der Waals surface area (Å²) < 4.78 is 1.74. The summed E-state index contributed by atoms with van der Waals surface area (Å²) in [4.78, 5) is 23.4. The van der Waals surface area contributed by atoms with Crippen LogP contribution < -0.4 is 5.32 Å². The Balaban J connectivity index is 2.85. The van der Waals surface area contributed by atoms with Gasteiger partial charge in [-0.1, -0.05) is 32.4 Å². The molecule has 0 aliphatic rings. The molecule has 0 aliphatic heterocycles. The van der Waals surface area contributed by atoms with Gasteiger partial charge in [0, 0.05) is 12.7 Å². The Morgan fingerprint density at radius 2 is 2.10 bits per heavy atom. The molecule has 0 bridgehead atoms. The summed E-state index contributed by atoms with van der Waals surface area (Å²) in [6.07, 6.45) is 2.93. The number of halogens is 1. The van der Waals surface area contributed by atoms with Crippen LogP contribution in [0.2, 0.25) is 5.02 Å².